The summed E-state index contributed by atoms with van der Waals surface area (Å²) in [4.78, 5) is 9.84. The fourth-order valence-electron chi connectivity index (χ4n) is 4.76. The number of methoxy groups -OCH3 is 1. The van der Waals surface area contributed by atoms with Crippen molar-refractivity contribution in [2.24, 2.45) is 0 Å². The largest absolute Gasteiger partial charge is 0.598 e. The Kier molecular flexibility index (Phi) is 12.5. The van der Waals surface area contributed by atoms with Gasteiger partial charge in [-0.1, -0.05) is 46.2 Å². The number of fused-ring (bicyclic) bond motifs is 1. The van der Waals surface area contributed by atoms with Gasteiger partial charge in [0.15, 0.2) is 14.1 Å². The van der Waals surface area contributed by atoms with Crippen molar-refractivity contribution in [1.29, 1.82) is 0 Å². The molecule has 48 heavy (non-hydrogen) atoms. The molecule has 3 aromatic heterocycles. The predicted molar refractivity (Wildman–Crippen MR) is 195 cm³/mol. The van der Waals surface area contributed by atoms with Crippen LogP contribution in [0.25, 0.3) is 28.0 Å². The van der Waals surface area contributed by atoms with Gasteiger partial charge in [-0.15, -0.1) is 4.72 Å². The molecule has 0 amide bonds. The highest BCUT2D eigenvalue weighted by atomic mass is 32.2. The molecule has 0 fully saturated rings. The van der Waals surface area contributed by atoms with E-state index in [1.165, 1.54) is 0 Å². The van der Waals surface area contributed by atoms with Gasteiger partial charge in [-0.2, -0.15) is 5.10 Å². The Bertz CT molecular complexity index is 1660. The maximum atomic E-state index is 15.6. The van der Waals surface area contributed by atoms with Crippen LogP contribution in [0.15, 0.2) is 54.7 Å². The van der Waals surface area contributed by atoms with Crippen LogP contribution in [0.5, 0.6) is 5.75 Å². The van der Waals surface area contributed by atoms with Crippen molar-refractivity contribution in [2.45, 2.75) is 103 Å². The number of pyridine rings is 2. The van der Waals surface area contributed by atoms with E-state index in [2.05, 4.69) is 38.6 Å². The smallest absolute Gasteiger partial charge is 0.192 e. The first-order chi connectivity index (χ1) is 22.6. The lowest BCUT2D eigenvalue weighted by Crippen LogP contribution is -2.44. The topological polar surface area (TPSA) is 106 Å². The molecule has 1 aromatic carbocycles. The van der Waals surface area contributed by atoms with E-state index in [-0.39, 0.29) is 5.04 Å². The average Bonchev–Trinajstić information content (AvgIpc) is 3.46. The Balaban J connectivity index is 1.77. The number of rotatable bonds is 15. The molecule has 2 unspecified atom stereocenters. The van der Waals surface area contributed by atoms with Gasteiger partial charge < -0.3 is 18.5 Å². The molecule has 1 N–H and O–H groups in total. The molecule has 9 nitrogen and oxygen atoms in total. The van der Waals surface area contributed by atoms with E-state index in [1.807, 2.05) is 70.2 Å². The summed E-state index contributed by atoms with van der Waals surface area (Å²) in [6, 6.07) is 14.4. The van der Waals surface area contributed by atoms with Crippen LogP contribution in [0.1, 0.15) is 78.7 Å². The molecule has 262 valence electrons. The van der Waals surface area contributed by atoms with Gasteiger partial charge in [0.05, 0.1) is 47.4 Å². The van der Waals surface area contributed by atoms with Gasteiger partial charge in [0, 0.05) is 24.0 Å². The van der Waals surface area contributed by atoms with Gasteiger partial charge in [0.25, 0.3) is 0 Å². The normalized spacial score (nSPS) is 14.7. The number of nitrogens with one attached hydrogen (secondary N) is 1. The first kappa shape index (κ1) is 37.9. The second-order valence-corrected chi connectivity index (χ2v) is 21.4. The van der Waals surface area contributed by atoms with E-state index in [4.69, 9.17) is 29.0 Å². The quantitative estimate of drug-likeness (QED) is 0.0752. The number of hydrogen-bond acceptors (Lipinski definition) is 8. The second-order valence-electron chi connectivity index (χ2n) is 14.6. The van der Waals surface area contributed by atoms with E-state index >= 15 is 4.39 Å². The monoisotopic (exact) mass is 697 g/mol. The lowest BCUT2D eigenvalue weighted by molar-refractivity contribution is 0.147. The summed E-state index contributed by atoms with van der Waals surface area (Å²) in [7, 11) is -0.339. The molecule has 3 atom stereocenters. The number of alkyl halides is 1. The third kappa shape index (κ3) is 9.22. The molecular weight excluding hydrogens is 646 g/mol. The Morgan fingerprint density at radius 2 is 1.75 bits per heavy atom. The van der Waals surface area contributed by atoms with E-state index in [0.717, 1.165) is 22.2 Å². The van der Waals surface area contributed by atoms with Crippen LogP contribution in [0.2, 0.25) is 18.1 Å². The molecule has 3 heterocycles. The zero-order valence-electron chi connectivity index (χ0n) is 30.1. The summed E-state index contributed by atoms with van der Waals surface area (Å²) in [5, 5.41) is 5.62. The zero-order valence-corrected chi connectivity index (χ0v) is 31.9. The molecule has 0 saturated heterocycles. The van der Waals surface area contributed by atoms with E-state index in [9.17, 15) is 4.55 Å². The van der Waals surface area contributed by atoms with E-state index in [0.29, 0.717) is 55.6 Å². The number of halogens is 1. The molecular formula is C36H52FN5O4SSi. The molecule has 0 bridgehead atoms. The van der Waals surface area contributed by atoms with Gasteiger partial charge in [-0.25, -0.2) is 14.1 Å². The van der Waals surface area contributed by atoms with Crippen LogP contribution in [0.4, 0.5) is 4.39 Å². The van der Waals surface area contributed by atoms with Crippen LogP contribution in [0.3, 0.4) is 0 Å². The van der Waals surface area contributed by atoms with Gasteiger partial charge in [0.2, 0.25) is 0 Å². The lowest BCUT2D eigenvalue weighted by atomic mass is 10.0. The summed E-state index contributed by atoms with van der Waals surface area (Å²) < 4.78 is 50.8. The van der Waals surface area contributed by atoms with Crippen molar-refractivity contribution >= 4 is 30.6 Å². The summed E-state index contributed by atoms with van der Waals surface area (Å²) in [5.41, 5.74) is 3.47. The standard InChI is InChI=1S/C36H52FN5O4SSi/c1-11-14-28(37)34(41-47(43)35(2,3)4)30-17-13-16-29(40-30)25-21-31-27(32(22-25)45-20-19-44-8)23-38-42(31)33-18-12-15-26(39-33)24-46-48(9,10)36(5,6)7/h12-13,15-18,21-23,28,34,41H,11,14,19-20,24H2,1-10H3/t28?,34-,47?/m1/s1. The highest BCUT2D eigenvalue weighted by Crippen LogP contribution is 2.37. The predicted octanol–water partition coefficient (Wildman–Crippen LogP) is 8.26. The zero-order chi connectivity index (χ0) is 35.3. The maximum Gasteiger partial charge on any atom is 0.192 e. The number of ether oxygens (including phenoxy) is 2. The molecule has 12 heteroatoms. The van der Waals surface area contributed by atoms with Crippen molar-refractivity contribution in [1.82, 2.24) is 24.5 Å². The highest BCUT2D eigenvalue weighted by molar-refractivity contribution is 7.90. The maximum absolute atomic E-state index is 15.6. The molecule has 4 aromatic rings. The fraction of sp³-hybridized carbons (Fsp3) is 0.528. The SMILES string of the molecule is CCCC(F)[C@@H](N[S+]([O-])C(C)(C)C)c1cccc(-c2cc(OCCOC)c3cnn(-c4cccc(CO[Si](C)(C)C(C)(C)C)n4)c3c2)n1. The summed E-state index contributed by atoms with van der Waals surface area (Å²) in [6.45, 7) is 19.8. The lowest BCUT2D eigenvalue weighted by Gasteiger charge is -2.36. The molecule has 0 radical (unpaired) electrons. The van der Waals surface area contributed by atoms with Gasteiger partial charge in [-0.3, -0.25) is 4.98 Å². The second kappa shape index (κ2) is 15.8. The molecule has 0 spiro atoms. The molecule has 4 rings (SSSR count). The number of benzene rings is 1. The fourth-order valence-corrected chi connectivity index (χ4v) is 6.55. The first-order valence-electron chi connectivity index (χ1n) is 16.6. The van der Waals surface area contributed by atoms with Crippen LogP contribution in [-0.2, 0) is 27.1 Å². The van der Waals surface area contributed by atoms with Crippen molar-refractivity contribution in [2.75, 3.05) is 20.3 Å². The van der Waals surface area contributed by atoms with Crippen LogP contribution < -0.4 is 9.46 Å². The minimum absolute atomic E-state index is 0.0879. The highest BCUT2D eigenvalue weighted by Gasteiger charge is 2.37. The minimum Gasteiger partial charge on any atom is -0.598 e. The van der Waals surface area contributed by atoms with Gasteiger partial charge >= 0.3 is 0 Å². The van der Waals surface area contributed by atoms with Gasteiger partial charge in [0.1, 0.15) is 29.3 Å². The van der Waals surface area contributed by atoms with Crippen molar-refractivity contribution in [3.8, 4) is 22.8 Å². The van der Waals surface area contributed by atoms with Crippen molar-refractivity contribution in [3.63, 3.8) is 0 Å². The molecule has 0 saturated carbocycles. The molecule has 0 aliphatic rings. The third-order valence-electron chi connectivity index (χ3n) is 8.69. The van der Waals surface area contributed by atoms with Crippen LogP contribution in [0, 0.1) is 0 Å². The van der Waals surface area contributed by atoms with Crippen LogP contribution in [-0.4, -0.2) is 63.9 Å². The number of hydrogen-bond donors (Lipinski definition) is 1. The summed E-state index contributed by atoms with van der Waals surface area (Å²) in [6.07, 6.45) is 1.48. The molecule has 0 aliphatic heterocycles. The Labute approximate surface area is 289 Å². The molecule has 0 aliphatic carbocycles. The van der Waals surface area contributed by atoms with Gasteiger partial charge in [-0.05, 0) is 81.7 Å². The van der Waals surface area contributed by atoms with Crippen molar-refractivity contribution in [3.05, 3.63) is 66.1 Å². The minimum atomic E-state index is -1.97. The first-order valence-corrected chi connectivity index (χ1v) is 20.6. The number of aromatic nitrogens is 4. The third-order valence-corrected chi connectivity index (χ3v) is 14.8. The van der Waals surface area contributed by atoms with E-state index in [1.54, 1.807) is 24.1 Å². The van der Waals surface area contributed by atoms with Crippen molar-refractivity contribution < 1.29 is 22.8 Å². The summed E-state index contributed by atoms with van der Waals surface area (Å²) >= 11 is -1.49. The summed E-state index contributed by atoms with van der Waals surface area (Å²) in [5.74, 6) is 1.27. The van der Waals surface area contributed by atoms with E-state index < -0.39 is 36.6 Å². The Morgan fingerprint density at radius 3 is 2.42 bits per heavy atom. The Hall–Kier alpha value is -2.87. The Morgan fingerprint density at radius 1 is 1.02 bits per heavy atom. The number of nitrogens with zero attached hydrogens (tertiary/aromatic N) is 4. The van der Waals surface area contributed by atoms with Crippen LogP contribution >= 0.6 is 0 Å². The average molecular weight is 698 g/mol.